The van der Waals surface area contributed by atoms with Gasteiger partial charge < -0.3 is 9.32 Å². The zero-order chi connectivity index (χ0) is 13.9. The summed E-state index contributed by atoms with van der Waals surface area (Å²) in [6.45, 7) is 0.0432. The van der Waals surface area contributed by atoms with Gasteiger partial charge in [0.05, 0.1) is 17.9 Å². The molecule has 0 bridgehead atoms. The summed E-state index contributed by atoms with van der Waals surface area (Å²) in [5.74, 6) is 1.31. The maximum atomic E-state index is 11.8. The van der Waals surface area contributed by atoms with Crippen LogP contribution in [0, 0.1) is 0 Å². The van der Waals surface area contributed by atoms with E-state index in [2.05, 4.69) is 15.5 Å². The lowest BCUT2D eigenvalue weighted by Gasteiger charge is -2.12. The minimum atomic E-state index is -0.275. The Balaban J connectivity index is 1.60. The second-order valence-corrected chi connectivity index (χ2v) is 5.94. The maximum absolute atomic E-state index is 11.8. The molecule has 1 saturated heterocycles. The first-order valence-electron chi connectivity index (χ1n) is 5.75. The number of amides is 2. The van der Waals surface area contributed by atoms with Crippen molar-refractivity contribution < 1.29 is 14.0 Å². The van der Waals surface area contributed by atoms with Crippen LogP contribution in [0.25, 0.3) is 10.8 Å². The van der Waals surface area contributed by atoms with E-state index in [0.717, 1.165) is 0 Å². The van der Waals surface area contributed by atoms with E-state index in [9.17, 15) is 9.59 Å². The van der Waals surface area contributed by atoms with Gasteiger partial charge >= 0.3 is 0 Å². The molecule has 2 amide bonds. The summed E-state index contributed by atoms with van der Waals surface area (Å²) in [4.78, 5) is 24.7. The normalized spacial score (nSPS) is 14.8. The Morgan fingerprint density at radius 3 is 3.10 bits per heavy atom. The van der Waals surface area contributed by atoms with Gasteiger partial charge in [-0.1, -0.05) is 11.3 Å². The number of carbonyl (C=O) groups is 2. The molecule has 2 aromatic heterocycles. The minimum Gasteiger partial charge on any atom is -0.462 e. The first-order chi connectivity index (χ1) is 9.72. The van der Waals surface area contributed by atoms with E-state index in [-0.39, 0.29) is 18.4 Å². The highest BCUT2D eigenvalue weighted by Gasteiger charge is 2.23. The van der Waals surface area contributed by atoms with Crippen LogP contribution in [0.1, 0.15) is 0 Å². The molecule has 3 rings (SSSR count). The summed E-state index contributed by atoms with van der Waals surface area (Å²) in [7, 11) is 0. The highest BCUT2D eigenvalue weighted by molar-refractivity contribution is 8.00. The predicted molar refractivity (Wildman–Crippen MR) is 75.3 cm³/mol. The third-order valence-corrected chi connectivity index (χ3v) is 4.36. The van der Waals surface area contributed by atoms with Crippen LogP contribution in [-0.4, -0.2) is 45.1 Å². The molecule has 0 saturated carbocycles. The van der Waals surface area contributed by atoms with Crippen LogP contribution in [0.5, 0.6) is 0 Å². The number of anilines is 1. The lowest BCUT2D eigenvalue weighted by molar-refractivity contribution is -0.130. The van der Waals surface area contributed by atoms with Crippen molar-refractivity contribution in [2.75, 3.05) is 23.5 Å². The number of hydrogen-bond donors (Lipinski definition) is 1. The fourth-order valence-electron chi connectivity index (χ4n) is 1.65. The van der Waals surface area contributed by atoms with Crippen molar-refractivity contribution in [3.63, 3.8) is 0 Å². The van der Waals surface area contributed by atoms with Gasteiger partial charge in [-0.3, -0.25) is 14.9 Å². The third kappa shape index (κ3) is 2.83. The molecular formula is C11H10N4O3S2. The van der Waals surface area contributed by atoms with Crippen molar-refractivity contribution >= 4 is 40.0 Å². The predicted octanol–water partition coefficient (Wildman–Crippen LogP) is 1.27. The molecule has 3 heterocycles. The molecule has 0 atom stereocenters. The van der Waals surface area contributed by atoms with Crippen LogP contribution in [0.2, 0.25) is 0 Å². The number of carbonyl (C=O) groups excluding carboxylic acids is 2. The number of thioether (sulfide) groups is 1. The van der Waals surface area contributed by atoms with Gasteiger partial charge in [0.2, 0.25) is 16.9 Å². The largest absolute Gasteiger partial charge is 0.462 e. The van der Waals surface area contributed by atoms with Crippen molar-refractivity contribution in [2.45, 2.75) is 0 Å². The smallest absolute Gasteiger partial charge is 0.245 e. The summed E-state index contributed by atoms with van der Waals surface area (Å²) < 4.78 is 5.20. The van der Waals surface area contributed by atoms with Crippen LogP contribution in [0.3, 0.4) is 0 Å². The van der Waals surface area contributed by atoms with E-state index in [4.69, 9.17) is 4.42 Å². The molecule has 0 spiro atoms. The standard InChI is InChI=1S/C11H10N4O3S2/c16-8(4-15-6-19-5-9(15)17)12-11-14-13-10(20-11)7-2-1-3-18-7/h1-3H,4-6H2,(H,12,14,16). The van der Waals surface area contributed by atoms with Crippen molar-refractivity contribution in [1.29, 1.82) is 0 Å². The zero-order valence-electron chi connectivity index (χ0n) is 10.2. The Hall–Kier alpha value is -1.87. The Morgan fingerprint density at radius 1 is 1.50 bits per heavy atom. The molecule has 1 N–H and O–H groups in total. The van der Waals surface area contributed by atoms with E-state index in [1.807, 2.05) is 0 Å². The molecule has 0 radical (unpaired) electrons. The summed E-state index contributed by atoms with van der Waals surface area (Å²) >= 11 is 2.72. The summed E-state index contributed by atoms with van der Waals surface area (Å²) in [6, 6.07) is 3.53. The van der Waals surface area contributed by atoms with Gasteiger partial charge in [-0.05, 0) is 12.1 Å². The molecule has 0 aliphatic carbocycles. The van der Waals surface area contributed by atoms with E-state index >= 15 is 0 Å². The topological polar surface area (TPSA) is 88.3 Å². The van der Waals surface area contributed by atoms with Gasteiger partial charge in [-0.2, -0.15) is 0 Å². The summed E-state index contributed by atoms with van der Waals surface area (Å²) in [6.07, 6.45) is 1.55. The molecule has 9 heteroatoms. The molecular weight excluding hydrogens is 300 g/mol. The average molecular weight is 310 g/mol. The molecule has 1 aliphatic rings. The second kappa shape index (κ2) is 5.63. The second-order valence-electron chi connectivity index (χ2n) is 4.01. The Kier molecular flexibility index (Phi) is 3.70. The van der Waals surface area contributed by atoms with Crippen molar-refractivity contribution in [2.24, 2.45) is 0 Å². The lowest BCUT2D eigenvalue weighted by Crippen LogP contribution is -2.34. The fourth-order valence-corrected chi connectivity index (χ4v) is 3.28. The minimum absolute atomic E-state index is 0.0151. The van der Waals surface area contributed by atoms with Crippen LogP contribution in [0.4, 0.5) is 5.13 Å². The van der Waals surface area contributed by atoms with Gasteiger partial charge in [0.25, 0.3) is 0 Å². The maximum Gasteiger partial charge on any atom is 0.245 e. The number of furan rings is 1. The summed E-state index contributed by atoms with van der Waals surface area (Å²) in [5.41, 5.74) is 0. The van der Waals surface area contributed by atoms with E-state index in [0.29, 0.717) is 27.5 Å². The number of nitrogens with one attached hydrogen (secondary N) is 1. The van der Waals surface area contributed by atoms with Gasteiger partial charge in [0, 0.05) is 0 Å². The van der Waals surface area contributed by atoms with Crippen molar-refractivity contribution in [1.82, 2.24) is 15.1 Å². The Labute approximate surface area is 122 Å². The Bertz CT molecular complexity index is 625. The molecule has 1 aliphatic heterocycles. The average Bonchev–Trinajstić information content (AvgIpc) is 3.12. The Morgan fingerprint density at radius 2 is 2.40 bits per heavy atom. The number of aromatic nitrogens is 2. The molecule has 7 nitrogen and oxygen atoms in total. The molecule has 104 valence electrons. The van der Waals surface area contributed by atoms with E-state index in [1.165, 1.54) is 28.0 Å². The molecule has 20 heavy (non-hydrogen) atoms. The van der Waals surface area contributed by atoms with Gasteiger partial charge in [-0.25, -0.2) is 0 Å². The quantitative estimate of drug-likeness (QED) is 0.915. The number of rotatable bonds is 4. The molecule has 1 fully saturated rings. The highest BCUT2D eigenvalue weighted by atomic mass is 32.2. The fraction of sp³-hybridized carbons (Fsp3) is 0.273. The monoisotopic (exact) mass is 310 g/mol. The first kappa shape index (κ1) is 13.1. The zero-order valence-corrected chi connectivity index (χ0v) is 11.9. The SMILES string of the molecule is O=C(CN1CSCC1=O)Nc1nnc(-c2ccco2)s1. The van der Waals surface area contributed by atoms with Crippen molar-refractivity contribution in [3.8, 4) is 10.8 Å². The number of nitrogens with zero attached hydrogens (tertiary/aromatic N) is 3. The molecule has 0 aromatic carbocycles. The third-order valence-electron chi connectivity index (χ3n) is 2.56. The van der Waals surface area contributed by atoms with E-state index < -0.39 is 0 Å². The first-order valence-corrected chi connectivity index (χ1v) is 7.72. The van der Waals surface area contributed by atoms with E-state index in [1.54, 1.807) is 18.4 Å². The lowest BCUT2D eigenvalue weighted by atomic mass is 10.5. The summed E-state index contributed by atoms with van der Waals surface area (Å²) in [5, 5.41) is 11.4. The van der Waals surface area contributed by atoms with Crippen LogP contribution in [0.15, 0.2) is 22.8 Å². The van der Waals surface area contributed by atoms with Gasteiger partial charge in [-0.15, -0.1) is 22.0 Å². The van der Waals surface area contributed by atoms with Gasteiger partial charge in [0.15, 0.2) is 10.8 Å². The number of hydrogen-bond acceptors (Lipinski definition) is 7. The highest BCUT2D eigenvalue weighted by Crippen LogP contribution is 2.26. The molecule has 0 unspecified atom stereocenters. The van der Waals surface area contributed by atoms with Crippen LogP contribution in [-0.2, 0) is 9.59 Å². The molecule has 2 aromatic rings. The van der Waals surface area contributed by atoms with Gasteiger partial charge in [0.1, 0.15) is 6.54 Å². The van der Waals surface area contributed by atoms with Crippen molar-refractivity contribution in [3.05, 3.63) is 18.4 Å². The van der Waals surface area contributed by atoms with Crippen LogP contribution < -0.4 is 5.32 Å². The van der Waals surface area contributed by atoms with Crippen LogP contribution >= 0.6 is 23.1 Å².